The fourth-order valence-corrected chi connectivity index (χ4v) is 3.21. The number of rotatable bonds is 34. The van der Waals surface area contributed by atoms with Gasteiger partial charge in [-0.3, -0.25) is 9.59 Å². The fourth-order valence-electron chi connectivity index (χ4n) is 3.21. The summed E-state index contributed by atoms with van der Waals surface area (Å²) < 4.78 is 59.4. The molecule has 0 bridgehead atoms. The van der Waals surface area contributed by atoms with E-state index in [2.05, 4.69) is 0 Å². The molecule has 0 radical (unpaired) electrons. The highest BCUT2D eigenvalue weighted by Gasteiger charge is 2.00. The highest BCUT2D eigenvalue weighted by atomic mass is 16.6. The summed E-state index contributed by atoms with van der Waals surface area (Å²) in [4.78, 5) is 21.8. The van der Waals surface area contributed by atoms with Gasteiger partial charge < -0.3 is 52.1 Å². The number of carbonyl (C=O) groups is 2. The Labute approximate surface area is 261 Å². The second kappa shape index (κ2) is 32.2. The summed E-state index contributed by atoms with van der Waals surface area (Å²) in [6.45, 7) is 11.2. The standard InChI is InChI=1S/C31H52O13/c1-2-3-31(33)44-27-25-42-23-21-40-19-17-38-15-13-36-11-9-34-8-10-35-12-14-37-16-18-39-20-22-41-24-26-43-30-6-4-29(28-32)5-7-30/h4-7,28H,2-3,8-27H2,1H3. The molecule has 0 aliphatic carbocycles. The summed E-state index contributed by atoms with van der Waals surface area (Å²) in [6.07, 6.45) is 2.02. The SMILES string of the molecule is CCCC(=O)OCCOCCOCCOCCOCCOCCOCCOCCOCCOCCOc1ccc(C=O)cc1. The third-order valence-corrected chi connectivity index (χ3v) is 5.43. The van der Waals surface area contributed by atoms with Crippen LogP contribution in [-0.2, 0) is 52.2 Å². The van der Waals surface area contributed by atoms with Gasteiger partial charge in [0.15, 0.2) is 0 Å². The lowest BCUT2D eigenvalue weighted by Gasteiger charge is -2.09. The molecule has 0 amide bonds. The molecule has 0 aliphatic rings. The zero-order valence-electron chi connectivity index (χ0n) is 26.3. The van der Waals surface area contributed by atoms with Crippen molar-refractivity contribution in [2.45, 2.75) is 19.8 Å². The lowest BCUT2D eigenvalue weighted by atomic mass is 10.2. The van der Waals surface area contributed by atoms with Crippen molar-refractivity contribution in [1.29, 1.82) is 0 Å². The minimum Gasteiger partial charge on any atom is -0.491 e. The van der Waals surface area contributed by atoms with E-state index in [4.69, 9.17) is 52.1 Å². The van der Waals surface area contributed by atoms with Crippen molar-refractivity contribution in [3.05, 3.63) is 29.8 Å². The molecular weight excluding hydrogens is 580 g/mol. The van der Waals surface area contributed by atoms with Crippen molar-refractivity contribution in [2.75, 3.05) is 132 Å². The first kappa shape index (κ1) is 39.8. The van der Waals surface area contributed by atoms with Crippen LogP contribution < -0.4 is 4.74 Å². The molecule has 0 aromatic heterocycles. The summed E-state index contributed by atoms with van der Waals surface area (Å²) in [5.74, 6) is 0.510. The molecule has 0 heterocycles. The Bertz CT molecular complexity index is 763. The smallest absolute Gasteiger partial charge is 0.305 e. The van der Waals surface area contributed by atoms with E-state index in [0.717, 1.165) is 12.7 Å². The molecule has 0 spiro atoms. The highest BCUT2D eigenvalue weighted by Crippen LogP contribution is 2.10. The van der Waals surface area contributed by atoms with Gasteiger partial charge in [-0.25, -0.2) is 0 Å². The van der Waals surface area contributed by atoms with Crippen LogP contribution in [0.4, 0.5) is 0 Å². The van der Waals surface area contributed by atoms with E-state index in [1.54, 1.807) is 24.3 Å². The van der Waals surface area contributed by atoms with Gasteiger partial charge in [-0.15, -0.1) is 0 Å². The molecule has 0 saturated heterocycles. The molecule has 1 rings (SSSR count). The van der Waals surface area contributed by atoms with Gasteiger partial charge in [-0.2, -0.15) is 0 Å². The van der Waals surface area contributed by atoms with Gasteiger partial charge in [0, 0.05) is 12.0 Å². The Morgan fingerprint density at radius 3 is 1.14 bits per heavy atom. The quantitative estimate of drug-likeness (QED) is 0.0626. The van der Waals surface area contributed by atoms with Crippen molar-refractivity contribution in [1.82, 2.24) is 0 Å². The molecule has 13 nitrogen and oxygen atoms in total. The number of hydrogen-bond acceptors (Lipinski definition) is 13. The Morgan fingerprint density at radius 2 is 0.818 bits per heavy atom. The topological polar surface area (TPSA) is 136 Å². The monoisotopic (exact) mass is 632 g/mol. The highest BCUT2D eigenvalue weighted by molar-refractivity contribution is 5.74. The average Bonchev–Trinajstić information content (AvgIpc) is 3.04. The number of benzene rings is 1. The van der Waals surface area contributed by atoms with E-state index >= 15 is 0 Å². The zero-order chi connectivity index (χ0) is 31.6. The van der Waals surface area contributed by atoms with Crippen LogP contribution in [0.5, 0.6) is 5.75 Å². The fraction of sp³-hybridized carbons (Fsp3) is 0.742. The molecule has 254 valence electrons. The van der Waals surface area contributed by atoms with Crippen LogP contribution in [0.25, 0.3) is 0 Å². The third kappa shape index (κ3) is 27.4. The normalized spacial score (nSPS) is 11.1. The molecule has 44 heavy (non-hydrogen) atoms. The Morgan fingerprint density at radius 1 is 0.500 bits per heavy atom. The van der Waals surface area contributed by atoms with Gasteiger partial charge in [0.1, 0.15) is 25.2 Å². The lowest BCUT2D eigenvalue weighted by Crippen LogP contribution is -2.15. The van der Waals surface area contributed by atoms with Crippen LogP contribution in [0.1, 0.15) is 30.1 Å². The Balaban J connectivity index is 1.65. The van der Waals surface area contributed by atoms with E-state index in [1.807, 2.05) is 6.92 Å². The molecule has 0 fully saturated rings. The predicted octanol–water partition coefficient (Wildman–Crippen LogP) is 2.37. The minimum atomic E-state index is -0.191. The van der Waals surface area contributed by atoms with E-state index in [0.29, 0.717) is 143 Å². The maximum atomic E-state index is 11.2. The predicted molar refractivity (Wildman–Crippen MR) is 161 cm³/mol. The number of carbonyl (C=O) groups excluding carboxylic acids is 2. The number of ether oxygens (including phenoxy) is 11. The lowest BCUT2D eigenvalue weighted by molar-refractivity contribution is -0.145. The van der Waals surface area contributed by atoms with E-state index < -0.39 is 0 Å². The summed E-state index contributed by atoms with van der Waals surface area (Å²) in [6, 6.07) is 6.92. The molecular formula is C31H52O13. The number of esters is 1. The number of aldehydes is 1. The van der Waals surface area contributed by atoms with Gasteiger partial charge in [0.05, 0.1) is 119 Å². The van der Waals surface area contributed by atoms with Crippen molar-refractivity contribution in [3.63, 3.8) is 0 Å². The van der Waals surface area contributed by atoms with Gasteiger partial charge >= 0.3 is 5.97 Å². The molecule has 0 unspecified atom stereocenters. The van der Waals surface area contributed by atoms with Crippen LogP contribution in [0, 0.1) is 0 Å². The van der Waals surface area contributed by atoms with Crippen molar-refractivity contribution < 1.29 is 61.7 Å². The van der Waals surface area contributed by atoms with Crippen molar-refractivity contribution in [2.24, 2.45) is 0 Å². The molecule has 13 heteroatoms. The molecule has 0 atom stereocenters. The summed E-state index contributed by atoms with van der Waals surface area (Å²) in [5.41, 5.74) is 0.616. The van der Waals surface area contributed by atoms with Gasteiger partial charge in [0.2, 0.25) is 0 Å². The van der Waals surface area contributed by atoms with Crippen LogP contribution in [-0.4, -0.2) is 144 Å². The first-order valence-corrected chi connectivity index (χ1v) is 15.3. The second-order valence-corrected chi connectivity index (χ2v) is 9.02. The largest absolute Gasteiger partial charge is 0.491 e. The van der Waals surface area contributed by atoms with Crippen molar-refractivity contribution >= 4 is 12.3 Å². The van der Waals surface area contributed by atoms with Gasteiger partial charge in [-0.05, 0) is 30.7 Å². The Kier molecular flexibility index (Phi) is 29.1. The molecule has 1 aromatic carbocycles. The third-order valence-electron chi connectivity index (χ3n) is 5.43. The number of hydrogen-bond donors (Lipinski definition) is 0. The molecule has 0 N–H and O–H groups in total. The molecule has 1 aromatic rings. The maximum absolute atomic E-state index is 11.2. The van der Waals surface area contributed by atoms with Gasteiger partial charge in [-0.1, -0.05) is 6.92 Å². The van der Waals surface area contributed by atoms with E-state index in [1.165, 1.54) is 0 Å². The summed E-state index contributed by atoms with van der Waals surface area (Å²) in [5, 5.41) is 0. The zero-order valence-corrected chi connectivity index (χ0v) is 26.3. The second-order valence-electron chi connectivity index (χ2n) is 9.02. The van der Waals surface area contributed by atoms with Crippen molar-refractivity contribution in [3.8, 4) is 5.75 Å². The minimum absolute atomic E-state index is 0.191. The van der Waals surface area contributed by atoms with E-state index in [9.17, 15) is 9.59 Å². The van der Waals surface area contributed by atoms with Gasteiger partial charge in [0.25, 0.3) is 0 Å². The maximum Gasteiger partial charge on any atom is 0.305 e. The van der Waals surface area contributed by atoms with Crippen LogP contribution in [0.3, 0.4) is 0 Å². The molecule has 0 saturated carbocycles. The van der Waals surface area contributed by atoms with Crippen LogP contribution in [0.2, 0.25) is 0 Å². The first-order valence-electron chi connectivity index (χ1n) is 15.3. The van der Waals surface area contributed by atoms with Crippen LogP contribution >= 0.6 is 0 Å². The Hall–Kier alpha value is -2.20. The van der Waals surface area contributed by atoms with E-state index in [-0.39, 0.29) is 12.6 Å². The molecule has 0 aliphatic heterocycles. The first-order chi connectivity index (χ1) is 21.8. The summed E-state index contributed by atoms with van der Waals surface area (Å²) >= 11 is 0. The summed E-state index contributed by atoms with van der Waals surface area (Å²) in [7, 11) is 0. The average molecular weight is 633 g/mol. The van der Waals surface area contributed by atoms with Crippen LogP contribution in [0.15, 0.2) is 24.3 Å².